The highest BCUT2D eigenvalue weighted by Crippen LogP contribution is 2.33. The molecule has 4 heterocycles. The largest absolute Gasteiger partial charge is 0.341 e. The molecule has 1 amide bonds. The smallest absolute Gasteiger partial charge is 0.224 e. The third kappa shape index (κ3) is 3.37. The third-order valence-electron chi connectivity index (χ3n) is 6.36. The summed E-state index contributed by atoms with van der Waals surface area (Å²) in [6, 6.07) is 2.59. The van der Waals surface area contributed by atoms with Crippen LogP contribution >= 0.6 is 0 Å². The fourth-order valence-electron chi connectivity index (χ4n) is 4.61. The summed E-state index contributed by atoms with van der Waals surface area (Å²) in [4.78, 5) is 17.6. The molecule has 132 valence electrons. The quantitative estimate of drug-likeness (QED) is 0.832. The van der Waals surface area contributed by atoms with E-state index in [-0.39, 0.29) is 0 Å². The molecule has 0 radical (unpaired) electrons. The molecule has 5 nitrogen and oxygen atoms in total. The van der Waals surface area contributed by atoms with Gasteiger partial charge in [-0.05, 0) is 50.5 Å². The monoisotopic (exact) mass is 330 g/mol. The van der Waals surface area contributed by atoms with Gasteiger partial charge in [0, 0.05) is 57.1 Å². The van der Waals surface area contributed by atoms with Crippen LogP contribution in [0.1, 0.15) is 44.2 Å². The number of piperidine rings is 1. The zero-order valence-corrected chi connectivity index (χ0v) is 14.9. The van der Waals surface area contributed by atoms with E-state index in [0.29, 0.717) is 30.8 Å². The molecule has 4 fully saturated rings. The van der Waals surface area contributed by atoms with Crippen molar-refractivity contribution in [3.05, 3.63) is 18.0 Å². The van der Waals surface area contributed by atoms with E-state index >= 15 is 0 Å². The fourth-order valence-corrected chi connectivity index (χ4v) is 4.61. The number of aromatic nitrogens is 2. The van der Waals surface area contributed by atoms with Crippen LogP contribution in [0.25, 0.3) is 0 Å². The van der Waals surface area contributed by atoms with Crippen molar-refractivity contribution in [2.75, 3.05) is 26.2 Å². The number of rotatable bonds is 5. The van der Waals surface area contributed by atoms with Gasteiger partial charge in [-0.25, -0.2) is 0 Å². The maximum absolute atomic E-state index is 12.7. The van der Waals surface area contributed by atoms with Gasteiger partial charge in [0.25, 0.3) is 0 Å². The molecule has 0 unspecified atom stereocenters. The maximum Gasteiger partial charge on any atom is 0.224 e. The summed E-state index contributed by atoms with van der Waals surface area (Å²) in [5.41, 5.74) is 1.13. The second kappa shape index (κ2) is 6.87. The van der Waals surface area contributed by atoms with Crippen LogP contribution in [0.3, 0.4) is 0 Å². The summed E-state index contributed by atoms with van der Waals surface area (Å²) in [5.74, 6) is 1.92. The zero-order chi connectivity index (χ0) is 16.5. The van der Waals surface area contributed by atoms with Crippen LogP contribution in [-0.4, -0.2) is 57.7 Å². The Hall–Kier alpha value is -1.36. The second-order valence-electron chi connectivity index (χ2n) is 8.09. The Morgan fingerprint density at radius 2 is 2.08 bits per heavy atom. The van der Waals surface area contributed by atoms with E-state index in [1.54, 1.807) is 0 Å². The Kier molecular flexibility index (Phi) is 4.61. The van der Waals surface area contributed by atoms with Gasteiger partial charge in [-0.15, -0.1) is 0 Å². The minimum absolute atomic E-state index is 0.312. The van der Waals surface area contributed by atoms with Crippen molar-refractivity contribution in [2.45, 2.75) is 58.0 Å². The van der Waals surface area contributed by atoms with Crippen LogP contribution < -0.4 is 0 Å². The molecule has 1 aromatic rings. The summed E-state index contributed by atoms with van der Waals surface area (Å²) in [6.45, 7) is 7.14. The van der Waals surface area contributed by atoms with Gasteiger partial charge in [0.2, 0.25) is 5.91 Å². The van der Waals surface area contributed by atoms with Gasteiger partial charge in [0.15, 0.2) is 0 Å². The molecular formula is C19H30N4O. The minimum Gasteiger partial charge on any atom is -0.341 e. The van der Waals surface area contributed by atoms with Gasteiger partial charge in [0.05, 0.1) is 0 Å². The van der Waals surface area contributed by atoms with Crippen molar-refractivity contribution >= 4 is 5.91 Å². The van der Waals surface area contributed by atoms with Crippen LogP contribution in [0.2, 0.25) is 0 Å². The first-order chi connectivity index (χ1) is 11.7. The van der Waals surface area contributed by atoms with E-state index in [4.69, 9.17) is 0 Å². The Labute approximate surface area is 145 Å². The van der Waals surface area contributed by atoms with Gasteiger partial charge in [-0.2, -0.15) is 5.10 Å². The number of carbonyl (C=O) groups excluding carboxylic acids is 1. The van der Waals surface area contributed by atoms with Crippen molar-refractivity contribution in [3.8, 4) is 0 Å². The standard InChI is InChI=1S/C19H30N4O/c1-15-7-9-20-23(15)10-8-19(24)22-13-17-5-6-18(14-22)21(12-17)11-16-3-2-4-16/h7,9,16-18H,2-6,8,10-14H2,1H3/t17-,18-/m0/s1. The van der Waals surface area contributed by atoms with Gasteiger partial charge < -0.3 is 4.90 Å². The predicted octanol–water partition coefficient (Wildman–Crippen LogP) is 2.30. The van der Waals surface area contributed by atoms with Crippen molar-refractivity contribution < 1.29 is 4.79 Å². The van der Waals surface area contributed by atoms with E-state index in [0.717, 1.165) is 24.7 Å². The Morgan fingerprint density at radius 3 is 2.79 bits per heavy atom. The van der Waals surface area contributed by atoms with E-state index < -0.39 is 0 Å². The number of aryl methyl sites for hydroxylation is 2. The highest BCUT2D eigenvalue weighted by Gasteiger charge is 2.37. The molecule has 5 heteroatoms. The van der Waals surface area contributed by atoms with Crippen LogP contribution in [0.15, 0.2) is 12.3 Å². The molecule has 0 aromatic carbocycles. The molecule has 24 heavy (non-hydrogen) atoms. The molecule has 2 bridgehead atoms. The SMILES string of the molecule is Cc1ccnn1CCC(=O)N1C[C@H]2CC[C@@H](C1)N(CC1CCC1)C2. The molecule has 3 aliphatic heterocycles. The van der Waals surface area contributed by atoms with E-state index in [9.17, 15) is 4.79 Å². The number of hydrogen-bond acceptors (Lipinski definition) is 3. The lowest BCUT2D eigenvalue weighted by molar-refractivity contribution is -0.131. The normalized spacial score (nSPS) is 28.0. The highest BCUT2D eigenvalue weighted by molar-refractivity contribution is 5.76. The molecule has 1 aliphatic carbocycles. The number of amides is 1. The average molecular weight is 330 g/mol. The van der Waals surface area contributed by atoms with Crippen molar-refractivity contribution in [1.82, 2.24) is 19.6 Å². The molecule has 3 saturated heterocycles. The van der Waals surface area contributed by atoms with Gasteiger partial charge in [-0.3, -0.25) is 14.4 Å². The summed E-state index contributed by atoms with van der Waals surface area (Å²) in [6.07, 6.45) is 9.21. The number of nitrogens with zero attached hydrogens (tertiary/aromatic N) is 4. The summed E-state index contributed by atoms with van der Waals surface area (Å²) in [7, 11) is 0. The molecule has 2 atom stereocenters. The van der Waals surface area contributed by atoms with Gasteiger partial charge >= 0.3 is 0 Å². The first kappa shape index (κ1) is 16.1. The average Bonchev–Trinajstić information content (AvgIpc) is 2.75. The highest BCUT2D eigenvalue weighted by atomic mass is 16.2. The fraction of sp³-hybridized carbons (Fsp3) is 0.789. The second-order valence-corrected chi connectivity index (χ2v) is 8.09. The molecule has 1 saturated carbocycles. The third-order valence-corrected chi connectivity index (χ3v) is 6.36. The van der Waals surface area contributed by atoms with E-state index in [1.807, 2.05) is 23.9 Å². The van der Waals surface area contributed by atoms with Gasteiger partial charge in [-0.1, -0.05) is 6.42 Å². The first-order valence-corrected chi connectivity index (χ1v) is 9.69. The van der Waals surface area contributed by atoms with E-state index in [1.165, 1.54) is 45.2 Å². The number of fused-ring (bicyclic) bond motifs is 4. The number of hydrogen-bond donors (Lipinski definition) is 0. The first-order valence-electron chi connectivity index (χ1n) is 9.69. The molecule has 0 N–H and O–H groups in total. The topological polar surface area (TPSA) is 41.4 Å². The minimum atomic E-state index is 0.312. The predicted molar refractivity (Wildman–Crippen MR) is 93.6 cm³/mol. The Bertz CT molecular complexity index is 580. The van der Waals surface area contributed by atoms with Crippen LogP contribution in [0.4, 0.5) is 0 Å². The molecule has 5 rings (SSSR count). The van der Waals surface area contributed by atoms with Gasteiger partial charge in [0.1, 0.15) is 0 Å². The maximum atomic E-state index is 12.7. The lowest BCUT2D eigenvalue weighted by Crippen LogP contribution is -2.47. The van der Waals surface area contributed by atoms with Crippen molar-refractivity contribution in [3.63, 3.8) is 0 Å². The zero-order valence-electron chi connectivity index (χ0n) is 14.9. The van der Waals surface area contributed by atoms with Crippen molar-refractivity contribution in [1.29, 1.82) is 0 Å². The lowest BCUT2D eigenvalue weighted by Gasteiger charge is -2.40. The van der Waals surface area contributed by atoms with Crippen LogP contribution in [0.5, 0.6) is 0 Å². The van der Waals surface area contributed by atoms with Crippen LogP contribution in [-0.2, 0) is 11.3 Å². The molecule has 4 aliphatic rings. The molecular weight excluding hydrogens is 300 g/mol. The Morgan fingerprint density at radius 1 is 1.21 bits per heavy atom. The van der Waals surface area contributed by atoms with Crippen LogP contribution in [0, 0.1) is 18.8 Å². The lowest BCUT2D eigenvalue weighted by atomic mass is 9.83. The molecule has 1 aromatic heterocycles. The summed E-state index contributed by atoms with van der Waals surface area (Å²) >= 11 is 0. The Balaban J connectivity index is 1.34. The van der Waals surface area contributed by atoms with E-state index in [2.05, 4.69) is 14.9 Å². The molecule has 0 spiro atoms. The van der Waals surface area contributed by atoms with Crippen molar-refractivity contribution in [2.24, 2.45) is 11.8 Å². The summed E-state index contributed by atoms with van der Waals surface area (Å²) in [5, 5.41) is 4.29. The summed E-state index contributed by atoms with van der Waals surface area (Å²) < 4.78 is 1.94. The number of carbonyl (C=O) groups is 1.